The SMILES string of the molecule is O=S(=O)(Nc1cccc2ccccc12)c1csc(CO)c1. The van der Waals surface area contributed by atoms with Crippen molar-refractivity contribution in [3.05, 3.63) is 58.8 Å². The van der Waals surface area contributed by atoms with E-state index in [1.54, 1.807) is 6.07 Å². The van der Waals surface area contributed by atoms with Gasteiger partial charge in [0.05, 0.1) is 17.2 Å². The Morgan fingerprint density at radius 2 is 1.86 bits per heavy atom. The number of fused-ring (bicyclic) bond motifs is 1. The third-order valence-corrected chi connectivity index (χ3v) is 5.55. The molecule has 0 aliphatic rings. The first-order chi connectivity index (χ1) is 10.1. The highest BCUT2D eigenvalue weighted by atomic mass is 32.2. The quantitative estimate of drug-likeness (QED) is 0.776. The maximum atomic E-state index is 12.4. The molecule has 108 valence electrons. The van der Waals surface area contributed by atoms with Crippen LogP contribution in [0.1, 0.15) is 4.88 Å². The largest absolute Gasteiger partial charge is 0.391 e. The normalized spacial score (nSPS) is 11.7. The zero-order valence-corrected chi connectivity index (χ0v) is 12.6. The number of anilines is 1. The van der Waals surface area contributed by atoms with Crippen LogP contribution in [0.25, 0.3) is 10.8 Å². The molecule has 0 atom stereocenters. The number of aliphatic hydroxyl groups excluding tert-OH is 1. The molecule has 0 aliphatic carbocycles. The Labute approximate surface area is 126 Å². The third-order valence-electron chi connectivity index (χ3n) is 3.13. The van der Waals surface area contributed by atoms with Crippen molar-refractivity contribution in [2.75, 3.05) is 4.72 Å². The Bertz CT molecular complexity index is 879. The minimum atomic E-state index is -3.64. The Hall–Kier alpha value is -1.89. The molecule has 0 saturated carbocycles. The Balaban J connectivity index is 2.01. The lowest BCUT2D eigenvalue weighted by molar-refractivity contribution is 0.285. The first-order valence-corrected chi connectivity index (χ1v) is 8.65. The molecule has 21 heavy (non-hydrogen) atoms. The lowest BCUT2D eigenvalue weighted by atomic mass is 10.1. The van der Waals surface area contributed by atoms with Crippen LogP contribution in [0.3, 0.4) is 0 Å². The van der Waals surface area contributed by atoms with Gasteiger partial charge in [-0.3, -0.25) is 4.72 Å². The van der Waals surface area contributed by atoms with Crippen LogP contribution in [0.5, 0.6) is 0 Å². The number of benzene rings is 2. The first-order valence-electron chi connectivity index (χ1n) is 6.29. The number of sulfonamides is 1. The van der Waals surface area contributed by atoms with Gasteiger partial charge >= 0.3 is 0 Å². The van der Waals surface area contributed by atoms with E-state index in [4.69, 9.17) is 5.11 Å². The second kappa shape index (κ2) is 5.48. The molecule has 1 aromatic heterocycles. The van der Waals surface area contributed by atoms with Gasteiger partial charge in [-0.2, -0.15) is 0 Å². The molecule has 3 aromatic rings. The monoisotopic (exact) mass is 319 g/mol. The molecule has 0 amide bonds. The molecule has 4 nitrogen and oxygen atoms in total. The zero-order valence-electron chi connectivity index (χ0n) is 11.0. The summed E-state index contributed by atoms with van der Waals surface area (Å²) in [6.45, 7) is -0.158. The molecular formula is C15H13NO3S2. The molecule has 0 saturated heterocycles. The highest BCUT2D eigenvalue weighted by Gasteiger charge is 2.17. The van der Waals surface area contributed by atoms with Crippen molar-refractivity contribution in [1.29, 1.82) is 0 Å². The molecule has 6 heteroatoms. The van der Waals surface area contributed by atoms with Crippen molar-refractivity contribution in [2.45, 2.75) is 11.5 Å². The van der Waals surface area contributed by atoms with Crippen LogP contribution in [0.2, 0.25) is 0 Å². The van der Waals surface area contributed by atoms with Gasteiger partial charge in [0.1, 0.15) is 0 Å². The summed E-state index contributed by atoms with van der Waals surface area (Å²) in [7, 11) is -3.64. The van der Waals surface area contributed by atoms with Gasteiger partial charge in [-0.1, -0.05) is 36.4 Å². The summed E-state index contributed by atoms with van der Waals surface area (Å²) in [5.74, 6) is 0. The fourth-order valence-corrected chi connectivity index (χ4v) is 4.32. The first kappa shape index (κ1) is 14.1. The van der Waals surface area contributed by atoms with E-state index in [-0.39, 0.29) is 11.5 Å². The van der Waals surface area contributed by atoms with Gasteiger partial charge in [-0.15, -0.1) is 11.3 Å². The van der Waals surface area contributed by atoms with Crippen molar-refractivity contribution in [3.63, 3.8) is 0 Å². The third kappa shape index (κ3) is 2.78. The average molecular weight is 319 g/mol. The number of aliphatic hydroxyl groups is 1. The average Bonchev–Trinajstić information content (AvgIpc) is 2.97. The lowest BCUT2D eigenvalue weighted by Gasteiger charge is -2.09. The van der Waals surface area contributed by atoms with E-state index in [0.717, 1.165) is 10.8 Å². The molecule has 2 N–H and O–H groups in total. The summed E-state index contributed by atoms with van der Waals surface area (Å²) in [6, 6.07) is 14.6. The van der Waals surface area contributed by atoms with Crippen LogP contribution in [0, 0.1) is 0 Å². The van der Waals surface area contributed by atoms with Crippen LogP contribution < -0.4 is 4.72 Å². The van der Waals surface area contributed by atoms with Gasteiger partial charge in [-0.05, 0) is 17.5 Å². The fourth-order valence-electron chi connectivity index (χ4n) is 2.10. The second-order valence-corrected chi connectivity index (χ2v) is 7.22. The zero-order chi connectivity index (χ0) is 14.9. The van der Waals surface area contributed by atoms with E-state index in [1.807, 2.05) is 36.4 Å². The van der Waals surface area contributed by atoms with Crippen molar-refractivity contribution in [1.82, 2.24) is 0 Å². The van der Waals surface area contributed by atoms with Crippen molar-refractivity contribution < 1.29 is 13.5 Å². The van der Waals surface area contributed by atoms with E-state index in [0.29, 0.717) is 10.6 Å². The summed E-state index contributed by atoms with van der Waals surface area (Å²) < 4.78 is 27.4. The van der Waals surface area contributed by atoms with Crippen LogP contribution in [-0.4, -0.2) is 13.5 Å². The molecule has 0 spiro atoms. The molecule has 0 unspecified atom stereocenters. The van der Waals surface area contributed by atoms with E-state index >= 15 is 0 Å². The molecule has 0 aliphatic heterocycles. The highest BCUT2D eigenvalue weighted by Crippen LogP contribution is 2.27. The topological polar surface area (TPSA) is 66.4 Å². The van der Waals surface area contributed by atoms with E-state index in [2.05, 4.69) is 4.72 Å². The van der Waals surface area contributed by atoms with Crippen LogP contribution >= 0.6 is 11.3 Å². The van der Waals surface area contributed by atoms with Crippen molar-refractivity contribution in [3.8, 4) is 0 Å². The fraction of sp³-hybridized carbons (Fsp3) is 0.0667. The highest BCUT2D eigenvalue weighted by molar-refractivity contribution is 7.92. The Morgan fingerprint density at radius 1 is 1.10 bits per heavy atom. The Morgan fingerprint density at radius 3 is 2.62 bits per heavy atom. The number of rotatable bonds is 4. The van der Waals surface area contributed by atoms with Crippen LogP contribution in [0.15, 0.2) is 58.8 Å². The summed E-state index contributed by atoms with van der Waals surface area (Å²) in [5.41, 5.74) is 0.546. The summed E-state index contributed by atoms with van der Waals surface area (Å²) in [4.78, 5) is 0.790. The van der Waals surface area contributed by atoms with Crippen molar-refractivity contribution in [2.24, 2.45) is 0 Å². The van der Waals surface area contributed by atoms with Gasteiger partial charge < -0.3 is 5.11 Å². The second-order valence-electron chi connectivity index (χ2n) is 4.54. The minimum absolute atomic E-state index is 0.158. The van der Waals surface area contributed by atoms with Crippen LogP contribution in [0.4, 0.5) is 5.69 Å². The lowest BCUT2D eigenvalue weighted by Crippen LogP contribution is -2.12. The predicted molar refractivity (Wildman–Crippen MR) is 85.0 cm³/mol. The standard InChI is InChI=1S/C15H13NO3S2/c17-9-12-8-13(10-20-12)21(18,19)16-15-7-3-5-11-4-1-2-6-14(11)15/h1-8,10,16-17H,9H2. The number of hydrogen-bond acceptors (Lipinski definition) is 4. The molecule has 0 radical (unpaired) electrons. The molecule has 0 fully saturated rings. The summed E-state index contributed by atoms with van der Waals surface area (Å²) in [5, 5.41) is 12.4. The minimum Gasteiger partial charge on any atom is -0.391 e. The van der Waals surface area contributed by atoms with Crippen LogP contribution in [-0.2, 0) is 16.6 Å². The number of nitrogens with one attached hydrogen (secondary N) is 1. The maximum Gasteiger partial charge on any atom is 0.262 e. The molecule has 2 aromatic carbocycles. The predicted octanol–water partition coefficient (Wildman–Crippen LogP) is 3.19. The van der Waals surface area contributed by atoms with E-state index < -0.39 is 10.0 Å². The molecule has 0 bridgehead atoms. The Kier molecular flexibility index (Phi) is 3.67. The smallest absolute Gasteiger partial charge is 0.262 e. The maximum absolute atomic E-state index is 12.4. The van der Waals surface area contributed by atoms with Crippen molar-refractivity contribution >= 4 is 37.8 Å². The van der Waals surface area contributed by atoms with Gasteiger partial charge in [0.2, 0.25) is 0 Å². The van der Waals surface area contributed by atoms with E-state index in [1.165, 1.54) is 22.8 Å². The van der Waals surface area contributed by atoms with E-state index in [9.17, 15) is 8.42 Å². The number of hydrogen-bond donors (Lipinski definition) is 2. The van der Waals surface area contributed by atoms with Gasteiger partial charge in [0.25, 0.3) is 10.0 Å². The summed E-state index contributed by atoms with van der Waals surface area (Å²) >= 11 is 1.22. The molecule has 3 rings (SSSR count). The number of thiophene rings is 1. The van der Waals surface area contributed by atoms with Gasteiger partial charge in [0, 0.05) is 15.6 Å². The molecule has 1 heterocycles. The van der Waals surface area contributed by atoms with Gasteiger partial charge in [-0.25, -0.2) is 8.42 Å². The summed E-state index contributed by atoms with van der Waals surface area (Å²) in [6.07, 6.45) is 0. The molecular weight excluding hydrogens is 306 g/mol. The van der Waals surface area contributed by atoms with Gasteiger partial charge in [0.15, 0.2) is 0 Å².